The second-order valence-electron chi connectivity index (χ2n) is 6.23. The van der Waals surface area contributed by atoms with Crippen molar-refractivity contribution in [2.24, 2.45) is 0 Å². The molecule has 1 unspecified atom stereocenters. The summed E-state index contributed by atoms with van der Waals surface area (Å²) in [6.07, 6.45) is -1.89. The Morgan fingerprint density at radius 3 is 2.42 bits per heavy atom. The smallest absolute Gasteiger partial charge is 0.355 e. The maximum atomic E-state index is 13.2. The number of benzene rings is 1. The van der Waals surface area contributed by atoms with Crippen LogP contribution in [0.5, 0.6) is 0 Å². The van der Waals surface area contributed by atoms with Gasteiger partial charge in [0.05, 0.1) is 14.9 Å². The van der Waals surface area contributed by atoms with Gasteiger partial charge in [-0.1, -0.05) is 6.07 Å². The summed E-state index contributed by atoms with van der Waals surface area (Å²) in [7, 11) is -0.719. The van der Waals surface area contributed by atoms with E-state index in [1.165, 1.54) is 32.4 Å². The monoisotopic (exact) mass is 514 g/mol. The molecule has 3 aromatic rings. The van der Waals surface area contributed by atoms with E-state index in [-0.39, 0.29) is 27.0 Å². The number of carbonyl (C=O) groups excluding carboxylic acids is 1. The van der Waals surface area contributed by atoms with Gasteiger partial charge >= 0.3 is 6.18 Å². The van der Waals surface area contributed by atoms with Gasteiger partial charge in [0.15, 0.2) is 0 Å². The Balaban J connectivity index is 2.30. The zero-order chi connectivity index (χ0) is 22.9. The second-order valence-corrected chi connectivity index (χ2v) is 8.49. The number of rotatable bonds is 4. The minimum atomic E-state index is -4.64. The predicted octanol–water partition coefficient (Wildman–Crippen LogP) is 3.24. The van der Waals surface area contributed by atoms with Crippen molar-refractivity contribution in [1.29, 1.82) is 0 Å². The lowest BCUT2D eigenvalue weighted by Crippen LogP contribution is -2.32. The first-order valence-corrected chi connectivity index (χ1v) is 10.5. The first-order valence-electron chi connectivity index (χ1n) is 8.60. The van der Waals surface area contributed by atoms with E-state index in [0.29, 0.717) is 4.47 Å². The Morgan fingerprint density at radius 2 is 1.84 bits per heavy atom. The molecule has 162 valence electrons. The fourth-order valence-electron chi connectivity index (χ4n) is 2.79. The summed E-state index contributed by atoms with van der Waals surface area (Å²) in [5.74, 6) is -0.777. The van der Waals surface area contributed by atoms with E-state index in [1.807, 2.05) is 0 Å². The van der Waals surface area contributed by atoms with Gasteiger partial charge in [-0.3, -0.25) is 14.2 Å². The number of hydrogen-bond donors (Lipinski definition) is 1. The molecule has 0 aliphatic carbocycles. The molecule has 31 heavy (non-hydrogen) atoms. The molecule has 1 amide bonds. The van der Waals surface area contributed by atoms with Crippen LogP contribution in [0, 0.1) is 6.92 Å². The summed E-state index contributed by atoms with van der Waals surface area (Å²) in [6, 6.07) is 5.22. The van der Waals surface area contributed by atoms with Gasteiger partial charge in [0, 0.05) is 30.8 Å². The third-order valence-electron chi connectivity index (χ3n) is 4.27. The van der Waals surface area contributed by atoms with Crippen LogP contribution in [0.1, 0.15) is 21.6 Å². The topological polar surface area (TPSA) is 93.9 Å². The Morgan fingerprint density at radius 1 is 1.19 bits per heavy atom. The molecular weight excluding hydrogens is 501 g/mol. The van der Waals surface area contributed by atoms with Crippen molar-refractivity contribution in [2.45, 2.75) is 23.2 Å². The number of pyridine rings is 1. The average molecular weight is 515 g/mol. The van der Waals surface area contributed by atoms with Crippen molar-refractivity contribution in [3.63, 3.8) is 0 Å². The Hall–Kier alpha value is -2.86. The summed E-state index contributed by atoms with van der Waals surface area (Å²) in [4.78, 5) is 33.2. The molecule has 1 N–H and O–H groups in total. The van der Waals surface area contributed by atoms with Crippen molar-refractivity contribution >= 4 is 32.6 Å². The molecule has 3 rings (SSSR count). The van der Waals surface area contributed by atoms with Crippen LogP contribution in [0.25, 0.3) is 5.69 Å². The summed E-state index contributed by atoms with van der Waals surface area (Å²) < 4.78 is 54.1. The van der Waals surface area contributed by atoms with Crippen molar-refractivity contribution < 1.29 is 22.2 Å². The number of nitrogens with zero attached hydrogens (tertiary/aromatic N) is 3. The molecule has 0 saturated carbocycles. The zero-order valence-corrected chi connectivity index (χ0v) is 18.4. The summed E-state index contributed by atoms with van der Waals surface area (Å²) in [5, 5.41) is 2.21. The number of amides is 1. The molecule has 0 saturated heterocycles. The summed E-state index contributed by atoms with van der Waals surface area (Å²) >= 11 is 3.17. The Labute approximate surface area is 184 Å². The molecule has 7 nitrogen and oxygen atoms in total. The Bertz CT molecular complexity index is 1240. The number of alkyl halides is 3. The van der Waals surface area contributed by atoms with Crippen LogP contribution in [0.4, 0.5) is 13.2 Å². The lowest BCUT2D eigenvalue weighted by molar-refractivity contribution is -0.137. The maximum absolute atomic E-state index is 13.2. The third-order valence-corrected chi connectivity index (χ3v) is 6.03. The van der Waals surface area contributed by atoms with Crippen LogP contribution in [-0.2, 0) is 17.0 Å². The van der Waals surface area contributed by atoms with Gasteiger partial charge in [-0.2, -0.15) is 13.2 Å². The first-order chi connectivity index (χ1) is 14.5. The SMILES string of the molecule is CNC(=O)c1cc(S(=O)c2ncc(Br)cn2)c(C)n(-c2cccc(C(F)(F)F)c2)c1=O. The standard InChI is InChI=1S/C19H14BrF3N4O3S/c1-10-15(31(30)18-25-8-12(20)9-26-18)7-14(16(28)24-2)17(29)27(10)13-5-3-4-11(6-13)19(21,22)23/h3-9H,1-2H3,(H,24,28). The van der Waals surface area contributed by atoms with Gasteiger partial charge in [0.1, 0.15) is 16.4 Å². The van der Waals surface area contributed by atoms with Gasteiger partial charge in [0.2, 0.25) is 5.16 Å². The van der Waals surface area contributed by atoms with Crippen molar-refractivity contribution in [1.82, 2.24) is 19.9 Å². The van der Waals surface area contributed by atoms with E-state index >= 15 is 0 Å². The van der Waals surface area contributed by atoms with Crippen LogP contribution < -0.4 is 10.9 Å². The van der Waals surface area contributed by atoms with Crippen molar-refractivity contribution in [3.8, 4) is 5.69 Å². The summed E-state index contributed by atoms with van der Waals surface area (Å²) in [5.41, 5.74) is -2.25. The molecule has 2 heterocycles. The fourth-order valence-corrected chi connectivity index (χ4v) is 4.07. The van der Waals surface area contributed by atoms with Crippen LogP contribution in [0.2, 0.25) is 0 Å². The number of hydrogen-bond acceptors (Lipinski definition) is 5. The molecule has 1 aromatic carbocycles. The average Bonchev–Trinajstić information content (AvgIpc) is 2.73. The third kappa shape index (κ3) is 4.59. The molecule has 0 bridgehead atoms. The van der Waals surface area contributed by atoms with Gasteiger partial charge in [-0.15, -0.1) is 0 Å². The van der Waals surface area contributed by atoms with Crippen molar-refractivity contribution in [3.05, 3.63) is 74.4 Å². The lowest BCUT2D eigenvalue weighted by Gasteiger charge is -2.17. The van der Waals surface area contributed by atoms with Gasteiger partial charge in [-0.25, -0.2) is 14.2 Å². The normalized spacial score (nSPS) is 12.5. The largest absolute Gasteiger partial charge is 0.416 e. The van der Waals surface area contributed by atoms with E-state index in [1.54, 1.807) is 0 Å². The lowest BCUT2D eigenvalue weighted by atomic mass is 10.1. The van der Waals surface area contributed by atoms with Crippen LogP contribution in [0.15, 0.2) is 62.0 Å². The highest BCUT2D eigenvalue weighted by Crippen LogP contribution is 2.31. The second kappa shape index (κ2) is 8.71. The zero-order valence-electron chi connectivity index (χ0n) is 16.0. The van der Waals surface area contributed by atoms with Crippen LogP contribution >= 0.6 is 15.9 Å². The fraction of sp³-hybridized carbons (Fsp3) is 0.158. The number of aromatic nitrogens is 3. The van der Waals surface area contributed by atoms with E-state index in [9.17, 15) is 27.0 Å². The minimum absolute atomic E-state index is 0.0120. The summed E-state index contributed by atoms with van der Waals surface area (Å²) in [6.45, 7) is 1.42. The number of halogens is 4. The molecule has 0 spiro atoms. The molecule has 2 aromatic heterocycles. The molecule has 1 atom stereocenters. The highest BCUT2D eigenvalue weighted by molar-refractivity contribution is 9.10. The molecule has 0 aliphatic heterocycles. The maximum Gasteiger partial charge on any atom is 0.416 e. The Kier molecular flexibility index (Phi) is 6.41. The first kappa shape index (κ1) is 22.8. The van der Waals surface area contributed by atoms with E-state index in [0.717, 1.165) is 28.8 Å². The highest BCUT2D eigenvalue weighted by Gasteiger charge is 2.31. The quantitative estimate of drug-likeness (QED) is 0.539. The van der Waals surface area contributed by atoms with E-state index < -0.39 is 34.0 Å². The molecule has 0 fully saturated rings. The number of carbonyl (C=O) groups is 1. The molecule has 0 aliphatic rings. The van der Waals surface area contributed by atoms with Gasteiger partial charge in [0.25, 0.3) is 11.5 Å². The predicted molar refractivity (Wildman–Crippen MR) is 110 cm³/mol. The van der Waals surface area contributed by atoms with E-state index in [2.05, 4.69) is 31.2 Å². The van der Waals surface area contributed by atoms with E-state index in [4.69, 9.17) is 0 Å². The van der Waals surface area contributed by atoms with Crippen molar-refractivity contribution in [2.75, 3.05) is 7.05 Å². The molecule has 0 radical (unpaired) electrons. The van der Waals surface area contributed by atoms with Crippen LogP contribution in [-0.4, -0.2) is 31.7 Å². The molecule has 12 heteroatoms. The van der Waals surface area contributed by atoms with Gasteiger partial charge < -0.3 is 5.32 Å². The highest BCUT2D eigenvalue weighted by atomic mass is 79.9. The van der Waals surface area contributed by atoms with Gasteiger partial charge in [-0.05, 0) is 47.1 Å². The molecular formula is C19H14BrF3N4O3S. The van der Waals surface area contributed by atoms with Crippen LogP contribution in [0.3, 0.4) is 0 Å². The number of nitrogens with one attached hydrogen (secondary N) is 1. The minimum Gasteiger partial charge on any atom is -0.355 e.